The lowest BCUT2D eigenvalue weighted by Gasteiger charge is -2.38. The predicted octanol–water partition coefficient (Wildman–Crippen LogP) is 5.23. The third-order valence-electron chi connectivity index (χ3n) is 6.24. The SMILES string of the molecule is COc1ccc(C[C@H]2c3cc(OC)c(OC)cc3CCN2C(=O)Nc2ccc(F)cc2)cc1OC. The van der Waals surface area contributed by atoms with Crippen molar-refractivity contribution in [3.63, 3.8) is 0 Å². The van der Waals surface area contributed by atoms with Gasteiger partial charge in [-0.15, -0.1) is 0 Å². The molecule has 1 aliphatic rings. The summed E-state index contributed by atoms with van der Waals surface area (Å²) in [5.41, 5.74) is 3.59. The van der Waals surface area contributed by atoms with Gasteiger partial charge in [-0.05, 0) is 78.1 Å². The summed E-state index contributed by atoms with van der Waals surface area (Å²) in [4.78, 5) is 15.2. The highest BCUT2D eigenvalue weighted by Crippen LogP contribution is 2.40. The number of halogens is 1. The molecule has 184 valence electrons. The summed E-state index contributed by atoms with van der Waals surface area (Å²) >= 11 is 0. The molecule has 3 aromatic rings. The first-order valence-corrected chi connectivity index (χ1v) is 11.3. The number of hydrogen-bond acceptors (Lipinski definition) is 5. The summed E-state index contributed by atoms with van der Waals surface area (Å²) in [7, 11) is 6.39. The van der Waals surface area contributed by atoms with Gasteiger partial charge in [0.2, 0.25) is 0 Å². The van der Waals surface area contributed by atoms with Crippen LogP contribution in [0.25, 0.3) is 0 Å². The summed E-state index contributed by atoms with van der Waals surface area (Å²) in [5, 5.41) is 2.90. The first-order valence-electron chi connectivity index (χ1n) is 11.3. The zero-order valence-electron chi connectivity index (χ0n) is 20.3. The monoisotopic (exact) mass is 480 g/mol. The van der Waals surface area contributed by atoms with Crippen LogP contribution < -0.4 is 24.3 Å². The number of rotatable bonds is 7. The van der Waals surface area contributed by atoms with Gasteiger partial charge >= 0.3 is 6.03 Å². The van der Waals surface area contributed by atoms with Crippen molar-refractivity contribution in [3.8, 4) is 23.0 Å². The van der Waals surface area contributed by atoms with E-state index in [0.717, 1.165) is 16.7 Å². The standard InChI is InChI=1S/C27H29FN2O5/c1-32-23-10-5-17(14-24(23)33-2)13-22-21-16-26(35-4)25(34-3)15-18(21)11-12-30(22)27(31)29-20-8-6-19(28)7-9-20/h5-10,14-16,22H,11-13H2,1-4H3,(H,29,31)/t22-/m0/s1. The predicted molar refractivity (Wildman–Crippen MR) is 131 cm³/mol. The van der Waals surface area contributed by atoms with Crippen LogP contribution in [0.5, 0.6) is 23.0 Å². The van der Waals surface area contributed by atoms with Gasteiger partial charge in [-0.3, -0.25) is 0 Å². The molecule has 1 N–H and O–H groups in total. The number of ether oxygens (including phenoxy) is 4. The maximum Gasteiger partial charge on any atom is 0.322 e. The van der Waals surface area contributed by atoms with Gasteiger partial charge < -0.3 is 29.2 Å². The van der Waals surface area contributed by atoms with Crippen molar-refractivity contribution in [2.24, 2.45) is 0 Å². The second-order valence-electron chi connectivity index (χ2n) is 8.20. The fourth-order valence-electron chi connectivity index (χ4n) is 4.45. The molecule has 0 bridgehead atoms. The number of benzene rings is 3. The second-order valence-corrected chi connectivity index (χ2v) is 8.20. The highest BCUT2D eigenvalue weighted by Gasteiger charge is 2.32. The Balaban J connectivity index is 1.71. The number of urea groups is 1. The topological polar surface area (TPSA) is 69.3 Å². The largest absolute Gasteiger partial charge is 0.493 e. The molecule has 1 atom stereocenters. The summed E-state index contributed by atoms with van der Waals surface area (Å²) < 4.78 is 35.2. The highest BCUT2D eigenvalue weighted by molar-refractivity contribution is 5.90. The number of carbonyl (C=O) groups is 1. The molecule has 0 radical (unpaired) electrons. The van der Waals surface area contributed by atoms with Crippen molar-refractivity contribution in [2.75, 3.05) is 40.3 Å². The normalized spacial score (nSPS) is 14.7. The van der Waals surface area contributed by atoms with Gasteiger partial charge in [0.15, 0.2) is 23.0 Å². The molecule has 0 saturated heterocycles. The van der Waals surface area contributed by atoms with E-state index in [-0.39, 0.29) is 17.9 Å². The van der Waals surface area contributed by atoms with E-state index in [1.54, 1.807) is 45.5 Å². The lowest BCUT2D eigenvalue weighted by atomic mass is 9.88. The van der Waals surface area contributed by atoms with Gasteiger partial charge in [-0.1, -0.05) is 6.07 Å². The Morgan fingerprint density at radius 2 is 1.51 bits per heavy atom. The number of nitrogens with one attached hydrogen (secondary N) is 1. The van der Waals surface area contributed by atoms with Crippen molar-refractivity contribution in [3.05, 3.63) is 77.1 Å². The van der Waals surface area contributed by atoms with Crippen LogP contribution in [0.4, 0.5) is 14.9 Å². The van der Waals surface area contributed by atoms with Crippen LogP contribution in [-0.2, 0) is 12.8 Å². The zero-order valence-corrected chi connectivity index (χ0v) is 20.3. The van der Waals surface area contributed by atoms with E-state index in [4.69, 9.17) is 18.9 Å². The molecule has 7 nitrogen and oxygen atoms in total. The number of amides is 2. The molecule has 3 aromatic carbocycles. The second kappa shape index (κ2) is 10.5. The molecule has 35 heavy (non-hydrogen) atoms. The number of nitrogens with zero attached hydrogens (tertiary/aromatic N) is 1. The Morgan fingerprint density at radius 3 is 2.17 bits per heavy atom. The van der Waals surface area contributed by atoms with Crippen molar-refractivity contribution in [2.45, 2.75) is 18.9 Å². The molecule has 1 heterocycles. The Kier molecular flexibility index (Phi) is 7.29. The lowest BCUT2D eigenvalue weighted by molar-refractivity contribution is 0.181. The first-order chi connectivity index (χ1) is 17.0. The molecule has 0 aromatic heterocycles. The Morgan fingerprint density at radius 1 is 0.886 bits per heavy atom. The van der Waals surface area contributed by atoms with Gasteiger partial charge in [-0.25, -0.2) is 9.18 Å². The number of carbonyl (C=O) groups excluding carboxylic acids is 1. The first kappa shape index (κ1) is 24.2. The van der Waals surface area contributed by atoms with E-state index in [9.17, 15) is 9.18 Å². The van der Waals surface area contributed by atoms with E-state index in [1.165, 1.54) is 12.1 Å². The minimum atomic E-state index is -0.359. The summed E-state index contributed by atoms with van der Waals surface area (Å²) in [5.74, 6) is 2.15. The maximum atomic E-state index is 13.4. The Hall–Kier alpha value is -3.94. The van der Waals surface area contributed by atoms with Gasteiger partial charge in [0.1, 0.15) is 5.82 Å². The van der Waals surface area contributed by atoms with Gasteiger partial charge in [-0.2, -0.15) is 0 Å². The molecule has 4 rings (SSSR count). The van der Waals surface area contributed by atoms with Crippen LogP contribution >= 0.6 is 0 Å². The van der Waals surface area contributed by atoms with Crippen LogP contribution in [0.2, 0.25) is 0 Å². The quantitative estimate of drug-likeness (QED) is 0.501. The van der Waals surface area contributed by atoms with Gasteiger partial charge in [0, 0.05) is 12.2 Å². The molecule has 0 saturated carbocycles. The van der Waals surface area contributed by atoms with E-state index in [1.807, 2.05) is 30.3 Å². The molecule has 8 heteroatoms. The fraction of sp³-hybridized carbons (Fsp3) is 0.296. The number of hydrogen-bond donors (Lipinski definition) is 1. The molecule has 0 unspecified atom stereocenters. The maximum absolute atomic E-state index is 13.4. The highest BCUT2D eigenvalue weighted by atomic mass is 19.1. The molecular formula is C27H29FN2O5. The summed E-state index contributed by atoms with van der Waals surface area (Å²) in [6.07, 6.45) is 1.20. The molecular weight excluding hydrogens is 451 g/mol. The third kappa shape index (κ3) is 5.11. The van der Waals surface area contributed by atoms with Crippen molar-refractivity contribution < 1.29 is 28.1 Å². The Labute approximate surface area is 204 Å². The minimum absolute atomic E-state index is 0.262. The number of anilines is 1. The Bertz CT molecular complexity index is 1200. The molecule has 0 spiro atoms. The smallest absolute Gasteiger partial charge is 0.322 e. The fourth-order valence-corrected chi connectivity index (χ4v) is 4.45. The van der Waals surface area contributed by atoms with Crippen LogP contribution in [0, 0.1) is 5.82 Å². The summed E-state index contributed by atoms with van der Waals surface area (Å²) in [6, 6.07) is 14.8. The average Bonchev–Trinajstić information content (AvgIpc) is 2.89. The number of fused-ring (bicyclic) bond motifs is 1. The molecule has 0 aliphatic carbocycles. The minimum Gasteiger partial charge on any atom is -0.493 e. The molecule has 1 aliphatic heterocycles. The average molecular weight is 481 g/mol. The lowest BCUT2D eigenvalue weighted by Crippen LogP contribution is -2.43. The van der Waals surface area contributed by atoms with Crippen molar-refractivity contribution in [1.29, 1.82) is 0 Å². The van der Waals surface area contributed by atoms with Crippen LogP contribution in [-0.4, -0.2) is 45.9 Å². The van der Waals surface area contributed by atoms with Crippen molar-refractivity contribution >= 4 is 11.7 Å². The molecule has 2 amide bonds. The third-order valence-corrected chi connectivity index (χ3v) is 6.24. The van der Waals surface area contributed by atoms with Crippen LogP contribution in [0.15, 0.2) is 54.6 Å². The van der Waals surface area contributed by atoms with E-state index >= 15 is 0 Å². The number of methoxy groups -OCH3 is 4. The van der Waals surface area contributed by atoms with E-state index in [2.05, 4.69) is 5.32 Å². The zero-order chi connectivity index (χ0) is 24.9. The van der Waals surface area contributed by atoms with Crippen LogP contribution in [0.3, 0.4) is 0 Å². The molecule has 0 fully saturated rings. The van der Waals surface area contributed by atoms with Crippen molar-refractivity contribution in [1.82, 2.24) is 4.90 Å². The summed E-state index contributed by atoms with van der Waals surface area (Å²) in [6.45, 7) is 0.507. The van der Waals surface area contributed by atoms with Gasteiger partial charge in [0.05, 0.1) is 34.5 Å². The van der Waals surface area contributed by atoms with Crippen LogP contribution in [0.1, 0.15) is 22.7 Å². The van der Waals surface area contributed by atoms with Gasteiger partial charge in [0.25, 0.3) is 0 Å². The van der Waals surface area contributed by atoms with E-state index < -0.39 is 0 Å². The van der Waals surface area contributed by atoms with E-state index in [0.29, 0.717) is 48.1 Å².